The van der Waals surface area contributed by atoms with Crippen LogP contribution in [0.25, 0.3) is 0 Å². The Bertz CT molecular complexity index is 315. The van der Waals surface area contributed by atoms with Gasteiger partial charge in [-0.1, -0.05) is 0 Å². The van der Waals surface area contributed by atoms with E-state index in [0.29, 0.717) is 12.5 Å². The molecule has 0 bridgehead atoms. The van der Waals surface area contributed by atoms with Gasteiger partial charge in [0.25, 0.3) is 0 Å². The number of aromatic nitrogens is 2. The minimum Gasteiger partial charge on any atom is -0.322 e. The molecule has 4 heteroatoms. The van der Waals surface area contributed by atoms with E-state index in [1.54, 1.807) is 6.92 Å². The molecule has 1 heterocycles. The summed E-state index contributed by atoms with van der Waals surface area (Å²) < 4.78 is 1.84. The first kappa shape index (κ1) is 10.9. The average molecular weight is 195 g/mol. The number of Topliss-reactive ketones (excluding diaryl/α,β-unsaturated/α-hetero) is 1. The summed E-state index contributed by atoms with van der Waals surface area (Å²) in [5.41, 5.74) is 6.26. The van der Waals surface area contributed by atoms with Crippen LogP contribution >= 0.6 is 0 Å². The molecule has 0 amide bonds. The Labute approximate surface area is 84.1 Å². The van der Waals surface area contributed by atoms with Crippen molar-refractivity contribution >= 4 is 5.78 Å². The monoisotopic (exact) mass is 195 g/mol. The Morgan fingerprint density at radius 3 is 2.64 bits per heavy atom. The van der Waals surface area contributed by atoms with Crippen LogP contribution in [0, 0.1) is 0 Å². The van der Waals surface area contributed by atoms with E-state index in [-0.39, 0.29) is 5.78 Å². The number of ketones is 1. The van der Waals surface area contributed by atoms with Gasteiger partial charge in [-0.2, -0.15) is 5.10 Å². The molecule has 78 valence electrons. The summed E-state index contributed by atoms with van der Waals surface area (Å²) in [6.07, 6.45) is 2.21. The highest BCUT2D eigenvalue weighted by molar-refractivity contribution is 5.85. The second kappa shape index (κ2) is 4.37. The van der Waals surface area contributed by atoms with Crippen LogP contribution in [0.1, 0.15) is 32.5 Å². The first-order valence-electron chi connectivity index (χ1n) is 4.83. The highest BCUT2D eigenvalue weighted by Crippen LogP contribution is 2.05. The molecule has 0 radical (unpaired) electrons. The fraction of sp³-hybridized carbons (Fsp3) is 0.600. The van der Waals surface area contributed by atoms with Gasteiger partial charge in [0.2, 0.25) is 0 Å². The summed E-state index contributed by atoms with van der Waals surface area (Å²) in [4.78, 5) is 11.3. The summed E-state index contributed by atoms with van der Waals surface area (Å²) in [7, 11) is 0. The summed E-state index contributed by atoms with van der Waals surface area (Å²) in [5.74, 6) is 0.0269. The van der Waals surface area contributed by atoms with Crippen LogP contribution in [-0.2, 0) is 11.2 Å². The highest BCUT2D eigenvalue weighted by Gasteiger charge is 2.10. The molecule has 1 unspecified atom stereocenters. The lowest BCUT2D eigenvalue weighted by Crippen LogP contribution is -2.28. The van der Waals surface area contributed by atoms with Gasteiger partial charge in [0.1, 0.15) is 0 Å². The van der Waals surface area contributed by atoms with Crippen molar-refractivity contribution in [2.24, 2.45) is 5.73 Å². The van der Waals surface area contributed by atoms with E-state index in [1.807, 2.05) is 30.8 Å². The molecule has 1 aromatic rings. The quantitative estimate of drug-likeness (QED) is 0.777. The first-order chi connectivity index (χ1) is 6.50. The Hall–Kier alpha value is -1.16. The number of hydrogen-bond donors (Lipinski definition) is 1. The van der Waals surface area contributed by atoms with Crippen molar-refractivity contribution in [2.75, 3.05) is 0 Å². The summed E-state index contributed by atoms with van der Waals surface area (Å²) in [6.45, 7) is 5.79. The number of hydrogen-bond acceptors (Lipinski definition) is 3. The molecular weight excluding hydrogens is 178 g/mol. The van der Waals surface area contributed by atoms with Crippen molar-refractivity contribution in [3.05, 3.63) is 18.0 Å². The molecule has 14 heavy (non-hydrogen) atoms. The fourth-order valence-corrected chi connectivity index (χ4v) is 1.10. The smallest absolute Gasteiger partial charge is 0.155 e. The van der Waals surface area contributed by atoms with Crippen molar-refractivity contribution in [3.63, 3.8) is 0 Å². The maximum absolute atomic E-state index is 11.3. The van der Waals surface area contributed by atoms with Crippen LogP contribution in [0.15, 0.2) is 12.3 Å². The van der Waals surface area contributed by atoms with Gasteiger partial charge >= 0.3 is 0 Å². The predicted molar refractivity (Wildman–Crippen MR) is 55.0 cm³/mol. The van der Waals surface area contributed by atoms with Gasteiger partial charge in [0.05, 0.1) is 18.2 Å². The van der Waals surface area contributed by atoms with Gasteiger partial charge in [0, 0.05) is 12.2 Å². The fourth-order valence-electron chi connectivity index (χ4n) is 1.10. The molecule has 1 atom stereocenters. The molecule has 0 saturated carbocycles. The van der Waals surface area contributed by atoms with Crippen molar-refractivity contribution < 1.29 is 4.79 Å². The molecule has 1 rings (SSSR count). The van der Waals surface area contributed by atoms with Crippen LogP contribution in [0.5, 0.6) is 0 Å². The number of carbonyl (C=O) groups is 1. The molecule has 0 fully saturated rings. The van der Waals surface area contributed by atoms with E-state index in [4.69, 9.17) is 5.73 Å². The number of carbonyl (C=O) groups excluding carboxylic acids is 1. The largest absolute Gasteiger partial charge is 0.322 e. The van der Waals surface area contributed by atoms with Gasteiger partial charge < -0.3 is 5.73 Å². The zero-order valence-corrected chi connectivity index (χ0v) is 8.90. The summed E-state index contributed by atoms with van der Waals surface area (Å²) in [6, 6.07) is 1.79. The lowest BCUT2D eigenvalue weighted by molar-refractivity contribution is -0.119. The molecule has 1 aromatic heterocycles. The standard InChI is InChI=1S/C10H17N3O/c1-7(2)13-5-4-9(12-13)6-10(14)8(3)11/h4-5,7-8H,6,11H2,1-3H3. The van der Waals surface area contributed by atoms with Crippen molar-refractivity contribution in [3.8, 4) is 0 Å². The van der Waals surface area contributed by atoms with Crippen LogP contribution in [0.2, 0.25) is 0 Å². The zero-order chi connectivity index (χ0) is 10.7. The molecular formula is C10H17N3O. The van der Waals surface area contributed by atoms with Crippen LogP contribution in [0.4, 0.5) is 0 Å². The van der Waals surface area contributed by atoms with Crippen molar-refractivity contribution in [2.45, 2.75) is 39.3 Å². The molecule has 4 nitrogen and oxygen atoms in total. The maximum Gasteiger partial charge on any atom is 0.155 e. The molecule has 0 aliphatic rings. The molecule has 0 aliphatic carbocycles. The molecule has 2 N–H and O–H groups in total. The van der Waals surface area contributed by atoms with Gasteiger partial charge in [-0.25, -0.2) is 0 Å². The molecule has 0 saturated heterocycles. The van der Waals surface area contributed by atoms with Gasteiger partial charge in [-0.05, 0) is 26.8 Å². The van der Waals surface area contributed by atoms with E-state index in [1.165, 1.54) is 0 Å². The molecule has 0 aromatic carbocycles. The third-order valence-corrected chi connectivity index (χ3v) is 2.06. The van der Waals surface area contributed by atoms with E-state index in [2.05, 4.69) is 5.10 Å². The SMILES string of the molecule is CC(N)C(=O)Cc1ccn(C(C)C)n1. The van der Waals surface area contributed by atoms with Crippen LogP contribution in [-0.4, -0.2) is 21.6 Å². The van der Waals surface area contributed by atoms with E-state index < -0.39 is 6.04 Å². The number of nitrogens with two attached hydrogens (primary N) is 1. The normalized spacial score (nSPS) is 13.2. The first-order valence-corrected chi connectivity index (χ1v) is 4.83. The second-order valence-electron chi connectivity index (χ2n) is 3.81. The highest BCUT2D eigenvalue weighted by atomic mass is 16.1. The Morgan fingerprint density at radius 2 is 2.21 bits per heavy atom. The molecule has 0 aliphatic heterocycles. The van der Waals surface area contributed by atoms with Crippen molar-refractivity contribution in [1.82, 2.24) is 9.78 Å². The number of nitrogens with zero attached hydrogens (tertiary/aromatic N) is 2. The Kier molecular flexibility index (Phi) is 3.41. The van der Waals surface area contributed by atoms with Gasteiger partial charge in [0.15, 0.2) is 5.78 Å². The lowest BCUT2D eigenvalue weighted by Gasteiger charge is -2.04. The van der Waals surface area contributed by atoms with E-state index in [9.17, 15) is 4.79 Å². The van der Waals surface area contributed by atoms with Gasteiger partial charge in [-0.15, -0.1) is 0 Å². The maximum atomic E-state index is 11.3. The van der Waals surface area contributed by atoms with Crippen LogP contribution < -0.4 is 5.73 Å². The third-order valence-electron chi connectivity index (χ3n) is 2.06. The van der Waals surface area contributed by atoms with Crippen molar-refractivity contribution in [1.29, 1.82) is 0 Å². The lowest BCUT2D eigenvalue weighted by atomic mass is 10.1. The van der Waals surface area contributed by atoms with E-state index in [0.717, 1.165) is 5.69 Å². The average Bonchev–Trinajstić information content (AvgIpc) is 2.52. The van der Waals surface area contributed by atoms with Gasteiger partial charge in [-0.3, -0.25) is 9.48 Å². The summed E-state index contributed by atoms with van der Waals surface area (Å²) >= 11 is 0. The topological polar surface area (TPSA) is 60.9 Å². The molecule has 0 spiro atoms. The predicted octanol–water partition coefficient (Wildman–Crippen LogP) is 0.923. The Morgan fingerprint density at radius 1 is 1.57 bits per heavy atom. The summed E-state index contributed by atoms with van der Waals surface area (Å²) in [5, 5.41) is 4.27. The minimum atomic E-state index is -0.404. The third kappa shape index (κ3) is 2.67. The minimum absolute atomic E-state index is 0.0269. The zero-order valence-electron chi connectivity index (χ0n) is 8.90. The van der Waals surface area contributed by atoms with E-state index >= 15 is 0 Å². The Balaban J connectivity index is 2.64. The second-order valence-corrected chi connectivity index (χ2v) is 3.81. The van der Waals surface area contributed by atoms with Crippen LogP contribution in [0.3, 0.4) is 0 Å². The number of rotatable bonds is 4.